The lowest BCUT2D eigenvalue weighted by Crippen LogP contribution is -2.32. The number of para-hydroxylation sites is 1. The molecule has 0 aliphatic carbocycles. The summed E-state index contributed by atoms with van der Waals surface area (Å²) in [5.41, 5.74) is 6.84. The SMILES string of the molecule is CN1CCC(CCN(C)c2cccc(F)c2N)CC1. The quantitative estimate of drug-likeness (QED) is 0.849. The van der Waals surface area contributed by atoms with Crippen molar-refractivity contribution < 1.29 is 4.39 Å². The summed E-state index contributed by atoms with van der Waals surface area (Å²) in [5.74, 6) is 0.456. The molecule has 1 saturated heterocycles. The van der Waals surface area contributed by atoms with E-state index in [0.717, 1.165) is 24.6 Å². The monoisotopic (exact) mass is 265 g/mol. The van der Waals surface area contributed by atoms with Gasteiger partial charge in [0.1, 0.15) is 5.82 Å². The highest BCUT2D eigenvalue weighted by atomic mass is 19.1. The Hall–Kier alpha value is -1.29. The number of halogens is 1. The molecule has 0 amide bonds. The summed E-state index contributed by atoms with van der Waals surface area (Å²) >= 11 is 0. The molecule has 106 valence electrons. The third kappa shape index (κ3) is 3.60. The Morgan fingerprint density at radius 1 is 1.37 bits per heavy atom. The molecule has 2 N–H and O–H groups in total. The summed E-state index contributed by atoms with van der Waals surface area (Å²) in [6, 6.07) is 5.00. The van der Waals surface area contributed by atoms with Crippen LogP contribution in [-0.4, -0.2) is 38.6 Å². The van der Waals surface area contributed by atoms with Crippen LogP contribution in [0.5, 0.6) is 0 Å². The minimum Gasteiger partial charge on any atom is -0.395 e. The molecule has 1 aromatic rings. The molecule has 0 saturated carbocycles. The summed E-state index contributed by atoms with van der Waals surface area (Å²) in [6.45, 7) is 3.31. The van der Waals surface area contributed by atoms with Gasteiger partial charge in [0.2, 0.25) is 0 Å². The van der Waals surface area contributed by atoms with Gasteiger partial charge >= 0.3 is 0 Å². The minimum atomic E-state index is -0.330. The Bertz CT molecular complexity index is 414. The van der Waals surface area contributed by atoms with E-state index in [1.165, 1.54) is 32.0 Å². The van der Waals surface area contributed by atoms with Crippen molar-refractivity contribution in [3.63, 3.8) is 0 Å². The number of nitrogen functional groups attached to an aromatic ring is 1. The van der Waals surface area contributed by atoms with Crippen molar-refractivity contribution in [1.29, 1.82) is 0 Å². The number of benzene rings is 1. The van der Waals surface area contributed by atoms with E-state index in [1.54, 1.807) is 6.07 Å². The molecule has 1 aliphatic heterocycles. The predicted molar refractivity (Wildman–Crippen MR) is 78.9 cm³/mol. The van der Waals surface area contributed by atoms with E-state index >= 15 is 0 Å². The third-order valence-electron chi connectivity index (χ3n) is 4.15. The maximum Gasteiger partial charge on any atom is 0.148 e. The van der Waals surface area contributed by atoms with Crippen LogP contribution in [0.25, 0.3) is 0 Å². The van der Waals surface area contributed by atoms with Gasteiger partial charge in [-0.15, -0.1) is 0 Å². The number of anilines is 2. The van der Waals surface area contributed by atoms with Crippen molar-refractivity contribution >= 4 is 11.4 Å². The maximum atomic E-state index is 13.4. The maximum absolute atomic E-state index is 13.4. The fraction of sp³-hybridized carbons (Fsp3) is 0.600. The van der Waals surface area contributed by atoms with Crippen molar-refractivity contribution in [2.24, 2.45) is 5.92 Å². The first-order valence-corrected chi connectivity index (χ1v) is 7.01. The lowest BCUT2D eigenvalue weighted by atomic mass is 9.93. The second kappa shape index (κ2) is 6.24. The number of nitrogens with zero attached hydrogens (tertiary/aromatic N) is 2. The van der Waals surface area contributed by atoms with Gasteiger partial charge in [0.25, 0.3) is 0 Å². The molecule has 4 heteroatoms. The van der Waals surface area contributed by atoms with Gasteiger partial charge in [-0.2, -0.15) is 0 Å². The Kier molecular flexibility index (Phi) is 4.64. The van der Waals surface area contributed by atoms with Crippen LogP contribution in [0, 0.1) is 11.7 Å². The molecule has 0 unspecified atom stereocenters. The number of rotatable bonds is 4. The number of hydrogen-bond donors (Lipinski definition) is 1. The normalized spacial score (nSPS) is 17.6. The van der Waals surface area contributed by atoms with Crippen molar-refractivity contribution in [2.75, 3.05) is 44.4 Å². The molecule has 1 aliphatic rings. The lowest BCUT2D eigenvalue weighted by molar-refractivity contribution is 0.213. The summed E-state index contributed by atoms with van der Waals surface area (Å²) in [6.07, 6.45) is 3.69. The van der Waals surface area contributed by atoms with Gasteiger partial charge < -0.3 is 15.5 Å². The molecule has 0 bridgehead atoms. The second-order valence-electron chi connectivity index (χ2n) is 5.63. The highest BCUT2D eigenvalue weighted by Crippen LogP contribution is 2.26. The Morgan fingerprint density at radius 2 is 2.05 bits per heavy atom. The largest absolute Gasteiger partial charge is 0.395 e. The van der Waals surface area contributed by atoms with Crippen LogP contribution in [0.4, 0.5) is 15.8 Å². The fourth-order valence-electron chi connectivity index (χ4n) is 2.71. The zero-order valence-electron chi connectivity index (χ0n) is 11.9. The van der Waals surface area contributed by atoms with Crippen LogP contribution >= 0.6 is 0 Å². The predicted octanol–water partition coefficient (Wildman–Crippen LogP) is 2.58. The molecule has 19 heavy (non-hydrogen) atoms. The summed E-state index contributed by atoms with van der Waals surface area (Å²) in [5, 5.41) is 0. The summed E-state index contributed by atoms with van der Waals surface area (Å²) in [4.78, 5) is 4.45. The number of nitrogens with two attached hydrogens (primary N) is 1. The van der Waals surface area contributed by atoms with Crippen LogP contribution in [0.3, 0.4) is 0 Å². The smallest absolute Gasteiger partial charge is 0.148 e. The van der Waals surface area contributed by atoms with E-state index < -0.39 is 0 Å². The molecule has 2 rings (SSSR count). The minimum absolute atomic E-state index is 0.258. The molecular formula is C15H24FN3. The Balaban J connectivity index is 1.87. The van der Waals surface area contributed by atoms with Crippen LogP contribution in [0.2, 0.25) is 0 Å². The van der Waals surface area contributed by atoms with Gasteiger partial charge in [-0.3, -0.25) is 0 Å². The number of piperidine rings is 1. The van der Waals surface area contributed by atoms with Gasteiger partial charge in [-0.25, -0.2) is 4.39 Å². The van der Waals surface area contributed by atoms with Gasteiger partial charge in [0.05, 0.1) is 11.4 Å². The third-order valence-corrected chi connectivity index (χ3v) is 4.15. The molecule has 1 fully saturated rings. The zero-order chi connectivity index (χ0) is 13.8. The molecule has 1 heterocycles. The van der Waals surface area contributed by atoms with E-state index in [9.17, 15) is 4.39 Å². The molecule has 0 aromatic heterocycles. The van der Waals surface area contributed by atoms with Crippen molar-refractivity contribution in [2.45, 2.75) is 19.3 Å². The van der Waals surface area contributed by atoms with Gasteiger partial charge in [-0.1, -0.05) is 6.07 Å². The van der Waals surface area contributed by atoms with E-state index in [0.29, 0.717) is 0 Å². The Labute approximate surface area is 115 Å². The van der Waals surface area contributed by atoms with Crippen LogP contribution in [-0.2, 0) is 0 Å². The van der Waals surface area contributed by atoms with Crippen molar-refractivity contribution in [1.82, 2.24) is 4.90 Å². The average molecular weight is 265 g/mol. The number of hydrogen-bond acceptors (Lipinski definition) is 3. The topological polar surface area (TPSA) is 32.5 Å². The van der Waals surface area contributed by atoms with Crippen LogP contribution in [0.15, 0.2) is 18.2 Å². The van der Waals surface area contributed by atoms with E-state index in [2.05, 4.69) is 16.8 Å². The zero-order valence-corrected chi connectivity index (χ0v) is 11.9. The second-order valence-corrected chi connectivity index (χ2v) is 5.63. The Morgan fingerprint density at radius 3 is 2.74 bits per heavy atom. The first kappa shape index (κ1) is 14.1. The fourth-order valence-corrected chi connectivity index (χ4v) is 2.71. The molecule has 0 atom stereocenters. The van der Waals surface area contributed by atoms with Crippen LogP contribution in [0.1, 0.15) is 19.3 Å². The highest BCUT2D eigenvalue weighted by Gasteiger charge is 2.17. The molecule has 1 aromatic carbocycles. The summed E-state index contributed by atoms with van der Waals surface area (Å²) in [7, 11) is 4.16. The number of likely N-dealkylation sites (tertiary alicyclic amines) is 1. The van der Waals surface area contributed by atoms with Gasteiger partial charge in [0.15, 0.2) is 0 Å². The molecule has 3 nitrogen and oxygen atoms in total. The lowest BCUT2D eigenvalue weighted by Gasteiger charge is -2.30. The van der Waals surface area contributed by atoms with E-state index in [1.807, 2.05) is 13.1 Å². The standard InChI is InChI=1S/C15H24FN3/c1-18-9-6-12(7-10-18)8-11-19(2)14-5-3-4-13(16)15(14)17/h3-5,12H,6-11,17H2,1-2H3. The van der Waals surface area contributed by atoms with Crippen molar-refractivity contribution in [3.8, 4) is 0 Å². The van der Waals surface area contributed by atoms with Crippen molar-refractivity contribution in [3.05, 3.63) is 24.0 Å². The van der Waals surface area contributed by atoms with E-state index in [4.69, 9.17) is 5.73 Å². The molecule has 0 spiro atoms. The van der Waals surface area contributed by atoms with E-state index in [-0.39, 0.29) is 11.5 Å². The van der Waals surface area contributed by atoms with Gasteiger partial charge in [0, 0.05) is 13.6 Å². The molecule has 0 radical (unpaired) electrons. The van der Waals surface area contributed by atoms with Gasteiger partial charge in [-0.05, 0) is 57.5 Å². The average Bonchev–Trinajstić information content (AvgIpc) is 2.41. The highest BCUT2D eigenvalue weighted by molar-refractivity contribution is 5.67. The summed E-state index contributed by atoms with van der Waals surface area (Å²) < 4.78 is 13.4. The first-order valence-electron chi connectivity index (χ1n) is 7.01. The first-order chi connectivity index (χ1) is 9.08. The molecular weight excluding hydrogens is 241 g/mol. The van der Waals surface area contributed by atoms with Crippen LogP contribution < -0.4 is 10.6 Å².